The molecule has 2 aromatic rings. The van der Waals surface area contributed by atoms with E-state index in [1.165, 1.54) is 17.4 Å². The number of aromatic amines is 1. The van der Waals surface area contributed by atoms with Crippen LogP contribution in [-0.4, -0.2) is 35.4 Å². The van der Waals surface area contributed by atoms with E-state index in [1.807, 2.05) is 6.07 Å². The minimum Gasteiger partial charge on any atom is -0.383 e. The van der Waals surface area contributed by atoms with Crippen LogP contribution in [0, 0.1) is 0 Å². The molecule has 0 aliphatic rings. The van der Waals surface area contributed by atoms with Crippen molar-refractivity contribution in [2.75, 3.05) is 20.3 Å². The highest BCUT2D eigenvalue weighted by Gasteiger charge is 2.06. The van der Waals surface area contributed by atoms with Gasteiger partial charge in [0.2, 0.25) is 5.56 Å². The van der Waals surface area contributed by atoms with Gasteiger partial charge in [-0.1, -0.05) is 17.4 Å². The Bertz CT molecular complexity index is 552. The van der Waals surface area contributed by atoms with Crippen LogP contribution in [0.5, 0.6) is 0 Å². The largest absolute Gasteiger partial charge is 0.383 e. The molecule has 0 radical (unpaired) electrons. The van der Waals surface area contributed by atoms with Gasteiger partial charge in [-0.05, 0) is 6.07 Å². The van der Waals surface area contributed by atoms with E-state index in [1.54, 1.807) is 13.2 Å². The zero-order valence-corrected chi connectivity index (χ0v) is 10.8. The first-order chi connectivity index (χ1) is 8.79. The number of nitrogens with zero attached hydrogens (tertiary/aromatic N) is 2. The van der Waals surface area contributed by atoms with Gasteiger partial charge >= 0.3 is 0 Å². The minimum absolute atomic E-state index is 0.137. The van der Waals surface area contributed by atoms with Crippen molar-refractivity contribution in [3.63, 3.8) is 0 Å². The Hall–Kier alpha value is -1.57. The normalized spacial score (nSPS) is 10.7. The van der Waals surface area contributed by atoms with Crippen LogP contribution in [-0.2, 0) is 11.3 Å². The Labute approximate surface area is 108 Å². The molecule has 0 aliphatic heterocycles. The van der Waals surface area contributed by atoms with Crippen molar-refractivity contribution >= 4 is 11.3 Å². The van der Waals surface area contributed by atoms with E-state index < -0.39 is 0 Å². The molecule has 0 aromatic carbocycles. The van der Waals surface area contributed by atoms with E-state index in [0.29, 0.717) is 18.8 Å². The fraction of sp³-hybridized carbons (Fsp3) is 0.364. The van der Waals surface area contributed by atoms with Gasteiger partial charge in [-0.3, -0.25) is 4.79 Å². The molecular weight excluding hydrogens is 252 g/mol. The highest BCUT2D eigenvalue weighted by atomic mass is 32.1. The highest BCUT2D eigenvalue weighted by Crippen LogP contribution is 2.19. The summed E-state index contributed by atoms with van der Waals surface area (Å²) in [5.74, 6) is 0. The molecule has 0 unspecified atom stereocenters. The summed E-state index contributed by atoms with van der Waals surface area (Å²) in [6.45, 7) is 2.09. The summed E-state index contributed by atoms with van der Waals surface area (Å²) in [6.07, 6.45) is 0. The van der Waals surface area contributed by atoms with Crippen LogP contribution in [0.25, 0.3) is 10.7 Å². The summed E-state index contributed by atoms with van der Waals surface area (Å²) in [5, 5.41) is 12.9. The van der Waals surface area contributed by atoms with Crippen LogP contribution in [0.2, 0.25) is 0 Å². The van der Waals surface area contributed by atoms with Crippen LogP contribution < -0.4 is 10.9 Å². The fourth-order valence-electron chi connectivity index (χ4n) is 1.38. The van der Waals surface area contributed by atoms with E-state index >= 15 is 0 Å². The molecule has 0 bridgehead atoms. The van der Waals surface area contributed by atoms with E-state index in [-0.39, 0.29) is 5.56 Å². The molecule has 18 heavy (non-hydrogen) atoms. The van der Waals surface area contributed by atoms with Crippen molar-refractivity contribution in [3.8, 4) is 10.7 Å². The SMILES string of the molecule is COCCNCc1nnc(-c2cccc(=O)[nH]2)s1. The van der Waals surface area contributed by atoms with Crippen LogP contribution >= 0.6 is 11.3 Å². The molecule has 2 heterocycles. The fourth-order valence-corrected chi connectivity index (χ4v) is 2.17. The van der Waals surface area contributed by atoms with Crippen LogP contribution in [0.15, 0.2) is 23.0 Å². The number of nitrogens with one attached hydrogen (secondary N) is 2. The zero-order chi connectivity index (χ0) is 12.8. The van der Waals surface area contributed by atoms with Gasteiger partial charge in [-0.25, -0.2) is 0 Å². The van der Waals surface area contributed by atoms with Crippen molar-refractivity contribution in [2.45, 2.75) is 6.54 Å². The number of pyridine rings is 1. The molecule has 0 aliphatic carbocycles. The standard InChI is InChI=1S/C11H14N4O2S/c1-17-6-5-12-7-10-14-15-11(18-10)8-3-2-4-9(16)13-8/h2-4,12H,5-7H2,1H3,(H,13,16). The van der Waals surface area contributed by atoms with E-state index in [4.69, 9.17) is 4.74 Å². The van der Waals surface area contributed by atoms with Crippen molar-refractivity contribution in [3.05, 3.63) is 33.6 Å². The third kappa shape index (κ3) is 3.46. The molecule has 6 nitrogen and oxygen atoms in total. The quantitative estimate of drug-likeness (QED) is 0.750. The maximum Gasteiger partial charge on any atom is 0.248 e. The van der Waals surface area contributed by atoms with Gasteiger partial charge in [0, 0.05) is 26.3 Å². The van der Waals surface area contributed by atoms with Crippen molar-refractivity contribution in [1.82, 2.24) is 20.5 Å². The summed E-state index contributed by atoms with van der Waals surface area (Å²) in [4.78, 5) is 13.9. The van der Waals surface area contributed by atoms with Gasteiger partial charge < -0.3 is 15.0 Å². The molecule has 2 rings (SSSR count). The maximum absolute atomic E-state index is 11.2. The Balaban J connectivity index is 1.99. The average Bonchev–Trinajstić information content (AvgIpc) is 2.83. The van der Waals surface area contributed by atoms with E-state index in [2.05, 4.69) is 20.5 Å². The predicted molar refractivity (Wildman–Crippen MR) is 69.5 cm³/mol. The highest BCUT2D eigenvalue weighted by molar-refractivity contribution is 7.14. The third-order valence-electron chi connectivity index (χ3n) is 2.22. The monoisotopic (exact) mass is 266 g/mol. The Morgan fingerprint density at radius 1 is 1.44 bits per heavy atom. The summed E-state index contributed by atoms with van der Waals surface area (Å²) < 4.78 is 4.93. The van der Waals surface area contributed by atoms with E-state index in [9.17, 15) is 4.79 Å². The molecule has 0 spiro atoms. The van der Waals surface area contributed by atoms with Gasteiger partial charge in [0.05, 0.1) is 12.3 Å². The number of hydrogen-bond donors (Lipinski definition) is 2. The molecule has 2 aromatic heterocycles. The number of methoxy groups -OCH3 is 1. The molecule has 7 heteroatoms. The van der Waals surface area contributed by atoms with Gasteiger partial charge in [0.25, 0.3) is 0 Å². The van der Waals surface area contributed by atoms with Crippen LogP contribution in [0.4, 0.5) is 0 Å². The second-order valence-corrected chi connectivity index (χ2v) is 4.66. The Morgan fingerprint density at radius 3 is 3.11 bits per heavy atom. The lowest BCUT2D eigenvalue weighted by Gasteiger charge is -1.99. The molecule has 0 saturated heterocycles. The molecule has 0 fully saturated rings. The lowest BCUT2D eigenvalue weighted by Crippen LogP contribution is -2.18. The van der Waals surface area contributed by atoms with Crippen LogP contribution in [0.1, 0.15) is 5.01 Å². The lowest BCUT2D eigenvalue weighted by atomic mass is 10.4. The average molecular weight is 266 g/mol. The summed E-state index contributed by atoms with van der Waals surface area (Å²) in [7, 11) is 1.66. The first-order valence-corrected chi connectivity index (χ1v) is 6.33. The first-order valence-electron chi connectivity index (χ1n) is 5.51. The van der Waals surface area contributed by atoms with Gasteiger partial charge in [0.1, 0.15) is 5.01 Å². The van der Waals surface area contributed by atoms with Gasteiger partial charge in [-0.15, -0.1) is 10.2 Å². The van der Waals surface area contributed by atoms with Crippen molar-refractivity contribution in [2.24, 2.45) is 0 Å². The maximum atomic E-state index is 11.2. The Morgan fingerprint density at radius 2 is 2.33 bits per heavy atom. The lowest BCUT2D eigenvalue weighted by molar-refractivity contribution is 0.199. The smallest absolute Gasteiger partial charge is 0.248 e. The second-order valence-electron chi connectivity index (χ2n) is 3.60. The van der Waals surface area contributed by atoms with Gasteiger partial charge in [-0.2, -0.15) is 0 Å². The summed E-state index contributed by atoms with van der Waals surface area (Å²) in [5.41, 5.74) is 0.561. The van der Waals surface area contributed by atoms with Crippen molar-refractivity contribution < 1.29 is 4.74 Å². The third-order valence-corrected chi connectivity index (χ3v) is 3.18. The van der Waals surface area contributed by atoms with E-state index in [0.717, 1.165) is 16.6 Å². The molecule has 96 valence electrons. The number of H-pyrrole nitrogens is 1. The molecule has 2 N–H and O–H groups in total. The topological polar surface area (TPSA) is 79.9 Å². The number of aromatic nitrogens is 3. The van der Waals surface area contributed by atoms with Crippen molar-refractivity contribution in [1.29, 1.82) is 0 Å². The second kappa shape index (κ2) is 6.39. The predicted octanol–water partition coefficient (Wildman–Crippen LogP) is 0.629. The molecular formula is C11H14N4O2S. The number of ether oxygens (including phenoxy) is 1. The first kappa shape index (κ1) is 12.9. The van der Waals surface area contributed by atoms with Crippen LogP contribution in [0.3, 0.4) is 0 Å². The summed E-state index contributed by atoms with van der Waals surface area (Å²) >= 11 is 1.46. The summed E-state index contributed by atoms with van der Waals surface area (Å²) in [6, 6.07) is 4.98. The molecule has 0 amide bonds. The van der Waals surface area contributed by atoms with Gasteiger partial charge in [0.15, 0.2) is 5.01 Å². The molecule has 0 saturated carbocycles. The zero-order valence-electron chi connectivity index (χ0n) is 9.97. The minimum atomic E-state index is -0.137. The number of rotatable bonds is 6. The Kier molecular flexibility index (Phi) is 4.57. The number of hydrogen-bond acceptors (Lipinski definition) is 6. The molecule has 0 atom stereocenters.